The van der Waals surface area contributed by atoms with Crippen LogP contribution in [0.2, 0.25) is 5.02 Å². The van der Waals surface area contributed by atoms with Crippen LogP contribution in [0.5, 0.6) is 0 Å². The molecule has 1 aromatic heterocycles. The molecule has 4 heteroatoms. The van der Waals surface area contributed by atoms with E-state index in [9.17, 15) is 0 Å². The van der Waals surface area contributed by atoms with Gasteiger partial charge in [0.25, 0.3) is 0 Å². The summed E-state index contributed by atoms with van der Waals surface area (Å²) in [5.41, 5.74) is 9.04. The Labute approximate surface area is 99.9 Å². The van der Waals surface area contributed by atoms with E-state index in [1.807, 2.05) is 36.6 Å². The molecule has 3 nitrogen and oxygen atoms in total. The maximum absolute atomic E-state index is 6.00. The Kier molecular flexibility index (Phi) is 2.99. The van der Waals surface area contributed by atoms with E-state index in [1.165, 1.54) is 0 Å². The number of rotatable bonds is 2. The lowest BCUT2D eigenvalue weighted by molar-refractivity contribution is 0.751. The zero-order valence-corrected chi connectivity index (χ0v) is 10.1. The molecule has 84 valence electrons. The number of nitrogens with zero attached hydrogens (tertiary/aromatic N) is 2. The Morgan fingerprint density at radius 2 is 2.19 bits per heavy atom. The second-order valence-electron chi connectivity index (χ2n) is 3.91. The van der Waals surface area contributed by atoms with Crippen molar-refractivity contribution in [3.8, 4) is 5.69 Å². The molecule has 1 atom stereocenters. The van der Waals surface area contributed by atoms with Gasteiger partial charge in [0.1, 0.15) is 0 Å². The molecule has 2 rings (SSSR count). The highest BCUT2D eigenvalue weighted by Gasteiger charge is 2.10. The van der Waals surface area contributed by atoms with E-state index >= 15 is 0 Å². The first kappa shape index (κ1) is 11.2. The third kappa shape index (κ3) is 1.96. The van der Waals surface area contributed by atoms with Gasteiger partial charge in [0.15, 0.2) is 0 Å². The first-order valence-corrected chi connectivity index (χ1v) is 5.51. The number of nitrogens with two attached hydrogens (primary N) is 1. The summed E-state index contributed by atoms with van der Waals surface area (Å²) in [6, 6.07) is 5.73. The van der Waals surface area contributed by atoms with Gasteiger partial charge in [-0.1, -0.05) is 17.7 Å². The number of aryl methyl sites for hydroxylation is 1. The molecule has 0 saturated heterocycles. The summed E-state index contributed by atoms with van der Waals surface area (Å²) in [5.74, 6) is 0. The van der Waals surface area contributed by atoms with Gasteiger partial charge in [0.05, 0.1) is 23.9 Å². The summed E-state index contributed by atoms with van der Waals surface area (Å²) < 4.78 is 1.98. The predicted molar refractivity (Wildman–Crippen MR) is 65.9 cm³/mol. The predicted octanol–water partition coefficient (Wildman–Crippen LogP) is 2.85. The fourth-order valence-corrected chi connectivity index (χ4v) is 1.85. The van der Waals surface area contributed by atoms with Crippen molar-refractivity contribution in [1.82, 2.24) is 9.55 Å². The fraction of sp³-hybridized carbons (Fsp3) is 0.250. The molecule has 0 bridgehead atoms. The Balaban J connectivity index is 2.58. The van der Waals surface area contributed by atoms with Crippen molar-refractivity contribution < 1.29 is 0 Å². The molecule has 0 saturated carbocycles. The molecular weight excluding hydrogens is 222 g/mol. The van der Waals surface area contributed by atoms with Crippen LogP contribution in [0.25, 0.3) is 5.69 Å². The molecule has 0 aliphatic heterocycles. The van der Waals surface area contributed by atoms with Crippen molar-refractivity contribution in [3.63, 3.8) is 0 Å². The van der Waals surface area contributed by atoms with Crippen LogP contribution in [0.1, 0.15) is 24.2 Å². The second kappa shape index (κ2) is 4.28. The van der Waals surface area contributed by atoms with Crippen LogP contribution in [0.4, 0.5) is 0 Å². The van der Waals surface area contributed by atoms with Gasteiger partial charge in [-0.25, -0.2) is 4.98 Å². The van der Waals surface area contributed by atoms with Crippen LogP contribution in [0.3, 0.4) is 0 Å². The fourth-order valence-electron chi connectivity index (χ4n) is 1.69. The van der Waals surface area contributed by atoms with Crippen molar-refractivity contribution in [2.45, 2.75) is 19.9 Å². The molecular formula is C12H14ClN3. The van der Waals surface area contributed by atoms with Gasteiger partial charge in [-0.3, -0.25) is 0 Å². The normalized spacial score (nSPS) is 12.8. The van der Waals surface area contributed by atoms with E-state index in [2.05, 4.69) is 4.98 Å². The van der Waals surface area contributed by atoms with Gasteiger partial charge in [0, 0.05) is 11.1 Å². The minimum atomic E-state index is -0.0547. The SMILES string of the molecule is Cc1ccc(Cl)cc1-n1cncc1C(C)N. The van der Waals surface area contributed by atoms with Crippen molar-refractivity contribution in [3.05, 3.63) is 47.0 Å². The summed E-state index contributed by atoms with van der Waals surface area (Å²) in [6.07, 6.45) is 3.54. The summed E-state index contributed by atoms with van der Waals surface area (Å²) in [6.45, 7) is 3.98. The maximum atomic E-state index is 6.00. The van der Waals surface area contributed by atoms with Crippen molar-refractivity contribution in [2.75, 3.05) is 0 Å². The lowest BCUT2D eigenvalue weighted by atomic mass is 10.2. The smallest absolute Gasteiger partial charge is 0.0994 e. The summed E-state index contributed by atoms with van der Waals surface area (Å²) in [4.78, 5) is 4.13. The monoisotopic (exact) mass is 235 g/mol. The molecule has 1 unspecified atom stereocenters. The first-order valence-electron chi connectivity index (χ1n) is 5.14. The molecule has 1 heterocycles. The van der Waals surface area contributed by atoms with Gasteiger partial charge in [-0.15, -0.1) is 0 Å². The Hall–Kier alpha value is -1.32. The van der Waals surface area contributed by atoms with E-state index in [1.54, 1.807) is 12.5 Å². The molecule has 0 aliphatic rings. The lowest BCUT2D eigenvalue weighted by Crippen LogP contribution is -2.11. The summed E-state index contributed by atoms with van der Waals surface area (Å²) in [5, 5.41) is 0.713. The van der Waals surface area contributed by atoms with Crippen molar-refractivity contribution >= 4 is 11.6 Å². The molecule has 0 aliphatic carbocycles. The van der Waals surface area contributed by atoms with Crippen LogP contribution in [0.15, 0.2) is 30.7 Å². The number of aromatic nitrogens is 2. The number of hydrogen-bond acceptors (Lipinski definition) is 2. The molecule has 16 heavy (non-hydrogen) atoms. The highest BCUT2D eigenvalue weighted by molar-refractivity contribution is 6.30. The number of benzene rings is 1. The summed E-state index contributed by atoms with van der Waals surface area (Å²) in [7, 11) is 0. The molecule has 0 amide bonds. The minimum Gasteiger partial charge on any atom is -0.323 e. The quantitative estimate of drug-likeness (QED) is 0.870. The molecule has 2 aromatic rings. The van der Waals surface area contributed by atoms with Crippen LogP contribution < -0.4 is 5.73 Å². The van der Waals surface area contributed by atoms with Crippen LogP contribution in [-0.2, 0) is 0 Å². The number of imidazole rings is 1. The van der Waals surface area contributed by atoms with E-state index in [0.29, 0.717) is 5.02 Å². The highest BCUT2D eigenvalue weighted by atomic mass is 35.5. The molecule has 0 spiro atoms. The van der Waals surface area contributed by atoms with E-state index in [4.69, 9.17) is 17.3 Å². The van der Waals surface area contributed by atoms with E-state index < -0.39 is 0 Å². The number of halogens is 1. The molecule has 0 radical (unpaired) electrons. The van der Waals surface area contributed by atoms with Gasteiger partial charge in [-0.05, 0) is 31.5 Å². The zero-order chi connectivity index (χ0) is 11.7. The van der Waals surface area contributed by atoms with Gasteiger partial charge in [0.2, 0.25) is 0 Å². The lowest BCUT2D eigenvalue weighted by Gasteiger charge is -2.13. The zero-order valence-electron chi connectivity index (χ0n) is 9.31. The van der Waals surface area contributed by atoms with Crippen LogP contribution in [0, 0.1) is 6.92 Å². The average Bonchev–Trinajstić information content (AvgIpc) is 2.70. The Bertz CT molecular complexity index is 503. The second-order valence-corrected chi connectivity index (χ2v) is 4.34. The van der Waals surface area contributed by atoms with Crippen LogP contribution in [-0.4, -0.2) is 9.55 Å². The van der Waals surface area contributed by atoms with Gasteiger partial charge in [-0.2, -0.15) is 0 Å². The molecule has 1 aromatic carbocycles. The van der Waals surface area contributed by atoms with Gasteiger partial charge < -0.3 is 10.3 Å². The molecule has 0 fully saturated rings. The largest absolute Gasteiger partial charge is 0.323 e. The third-order valence-electron chi connectivity index (χ3n) is 2.56. The topological polar surface area (TPSA) is 43.8 Å². The molecule has 2 N–H and O–H groups in total. The van der Waals surface area contributed by atoms with Crippen LogP contribution >= 0.6 is 11.6 Å². The Morgan fingerprint density at radius 3 is 2.88 bits per heavy atom. The van der Waals surface area contributed by atoms with E-state index in [-0.39, 0.29) is 6.04 Å². The van der Waals surface area contributed by atoms with E-state index in [0.717, 1.165) is 16.9 Å². The first-order chi connectivity index (χ1) is 7.59. The van der Waals surface area contributed by atoms with Gasteiger partial charge >= 0.3 is 0 Å². The Morgan fingerprint density at radius 1 is 1.44 bits per heavy atom. The third-order valence-corrected chi connectivity index (χ3v) is 2.80. The maximum Gasteiger partial charge on any atom is 0.0994 e. The average molecular weight is 236 g/mol. The minimum absolute atomic E-state index is 0.0547. The standard InChI is InChI=1S/C12H14ClN3/c1-8-3-4-10(13)5-11(8)16-7-15-6-12(16)9(2)14/h3-7,9H,14H2,1-2H3. The summed E-state index contributed by atoms with van der Waals surface area (Å²) >= 11 is 6.00. The van der Waals surface area contributed by atoms with Crippen molar-refractivity contribution in [1.29, 1.82) is 0 Å². The number of hydrogen-bond donors (Lipinski definition) is 1. The van der Waals surface area contributed by atoms with Crippen molar-refractivity contribution in [2.24, 2.45) is 5.73 Å². The highest BCUT2D eigenvalue weighted by Crippen LogP contribution is 2.22.